The van der Waals surface area contributed by atoms with Gasteiger partial charge in [0.05, 0.1) is 13.2 Å². The quantitative estimate of drug-likeness (QED) is 0.527. The summed E-state index contributed by atoms with van der Waals surface area (Å²) in [4.78, 5) is 9.45. The van der Waals surface area contributed by atoms with Crippen molar-refractivity contribution in [1.82, 2.24) is 20.4 Å². The number of ether oxygens (including phenoxy) is 1. The van der Waals surface area contributed by atoms with E-state index in [4.69, 9.17) is 4.74 Å². The Bertz CT molecular complexity index is 609. The third-order valence-electron chi connectivity index (χ3n) is 5.67. The highest BCUT2D eigenvalue weighted by atomic mass is 16.5. The van der Waals surface area contributed by atoms with Gasteiger partial charge in [0.15, 0.2) is 5.96 Å². The van der Waals surface area contributed by atoms with Gasteiger partial charge in [-0.3, -0.25) is 9.89 Å². The fourth-order valence-corrected chi connectivity index (χ4v) is 4.03. The molecule has 1 aromatic carbocycles. The molecule has 1 aromatic rings. The molecule has 2 aliphatic rings. The summed E-state index contributed by atoms with van der Waals surface area (Å²) in [5.74, 6) is 1.50. The zero-order valence-corrected chi connectivity index (χ0v) is 17.6. The lowest BCUT2D eigenvalue weighted by Gasteiger charge is -2.27. The van der Waals surface area contributed by atoms with Crippen LogP contribution in [0.1, 0.15) is 30.9 Å². The molecule has 0 aliphatic carbocycles. The van der Waals surface area contributed by atoms with Crippen molar-refractivity contribution in [3.63, 3.8) is 0 Å². The first-order valence-electron chi connectivity index (χ1n) is 10.8. The van der Waals surface area contributed by atoms with E-state index >= 15 is 0 Å². The van der Waals surface area contributed by atoms with Crippen LogP contribution >= 0.6 is 0 Å². The monoisotopic (exact) mass is 387 g/mol. The van der Waals surface area contributed by atoms with E-state index in [-0.39, 0.29) is 0 Å². The Morgan fingerprint density at radius 2 is 1.75 bits per heavy atom. The second-order valence-electron chi connectivity index (χ2n) is 8.08. The van der Waals surface area contributed by atoms with Crippen LogP contribution in [0.2, 0.25) is 0 Å². The molecule has 0 aromatic heterocycles. The van der Waals surface area contributed by atoms with Crippen molar-refractivity contribution < 1.29 is 4.74 Å². The second-order valence-corrected chi connectivity index (χ2v) is 8.08. The first-order valence-corrected chi connectivity index (χ1v) is 10.8. The number of benzene rings is 1. The summed E-state index contributed by atoms with van der Waals surface area (Å²) >= 11 is 0. The van der Waals surface area contributed by atoms with Gasteiger partial charge in [-0.1, -0.05) is 31.2 Å². The van der Waals surface area contributed by atoms with Crippen molar-refractivity contribution in [3.05, 3.63) is 35.4 Å². The standard InChI is InChI=1S/C22H37N5O/c1-19(17-26-9-5-6-10-26)15-24-22(23-2)25-16-20-7-3-4-8-21(20)18-27-11-13-28-14-12-27/h3-4,7-8,19H,5-6,9-18H2,1-2H3,(H2,23,24,25). The first-order chi connectivity index (χ1) is 13.7. The maximum Gasteiger partial charge on any atom is 0.191 e. The molecule has 2 N–H and O–H groups in total. The van der Waals surface area contributed by atoms with Gasteiger partial charge in [-0.2, -0.15) is 0 Å². The molecular weight excluding hydrogens is 350 g/mol. The molecule has 2 aliphatic heterocycles. The number of likely N-dealkylation sites (tertiary alicyclic amines) is 1. The maximum absolute atomic E-state index is 5.47. The lowest BCUT2D eigenvalue weighted by Crippen LogP contribution is -2.41. The fourth-order valence-electron chi connectivity index (χ4n) is 4.03. The van der Waals surface area contributed by atoms with Crippen molar-refractivity contribution in [2.75, 3.05) is 59.5 Å². The van der Waals surface area contributed by atoms with Crippen molar-refractivity contribution in [2.24, 2.45) is 10.9 Å². The van der Waals surface area contributed by atoms with E-state index in [0.29, 0.717) is 5.92 Å². The van der Waals surface area contributed by atoms with Crippen LogP contribution in [0.3, 0.4) is 0 Å². The molecule has 0 radical (unpaired) electrons. The molecule has 0 amide bonds. The third-order valence-corrected chi connectivity index (χ3v) is 5.67. The summed E-state index contributed by atoms with van der Waals surface area (Å²) < 4.78 is 5.47. The zero-order chi connectivity index (χ0) is 19.6. The van der Waals surface area contributed by atoms with Crippen LogP contribution in [0, 0.1) is 5.92 Å². The van der Waals surface area contributed by atoms with Crippen molar-refractivity contribution in [1.29, 1.82) is 0 Å². The highest BCUT2D eigenvalue weighted by Crippen LogP contribution is 2.13. The Morgan fingerprint density at radius 3 is 2.46 bits per heavy atom. The van der Waals surface area contributed by atoms with Gasteiger partial charge in [-0.15, -0.1) is 0 Å². The Kier molecular flexibility index (Phi) is 8.58. The van der Waals surface area contributed by atoms with Gasteiger partial charge in [-0.25, -0.2) is 0 Å². The van der Waals surface area contributed by atoms with Crippen molar-refractivity contribution in [2.45, 2.75) is 32.9 Å². The number of morpholine rings is 1. The number of nitrogens with one attached hydrogen (secondary N) is 2. The normalized spacial score (nSPS) is 20.3. The van der Waals surface area contributed by atoms with Gasteiger partial charge in [0.2, 0.25) is 0 Å². The Morgan fingerprint density at radius 1 is 1.04 bits per heavy atom. The summed E-state index contributed by atoms with van der Waals surface area (Å²) in [6.07, 6.45) is 2.71. The molecule has 2 saturated heterocycles. The zero-order valence-electron chi connectivity index (χ0n) is 17.6. The molecular formula is C22H37N5O. The third kappa shape index (κ3) is 6.76. The minimum absolute atomic E-state index is 0.616. The van der Waals surface area contributed by atoms with Gasteiger partial charge in [0, 0.05) is 46.3 Å². The molecule has 156 valence electrons. The Balaban J connectivity index is 1.45. The van der Waals surface area contributed by atoms with E-state index in [2.05, 4.69) is 56.6 Å². The van der Waals surface area contributed by atoms with E-state index in [9.17, 15) is 0 Å². The SMILES string of the molecule is CN=C(NCc1ccccc1CN1CCOCC1)NCC(C)CN1CCCC1. The Hall–Kier alpha value is -1.63. The summed E-state index contributed by atoms with van der Waals surface area (Å²) in [7, 11) is 1.85. The minimum atomic E-state index is 0.616. The smallest absolute Gasteiger partial charge is 0.191 e. The molecule has 0 saturated carbocycles. The average molecular weight is 388 g/mol. The van der Waals surface area contributed by atoms with E-state index in [1.807, 2.05) is 7.05 Å². The van der Waals surface area contributed by atoms with Crippen LogP contribution in [-0.4, -0.2) is 75.3 Å². The first kappa shape index (κ1) is 21.1. The van der Waals surface area contributed by atoms with Crippen LogP contribution in [-0.2, 0) is 17.8 Å². The molecule has 0 spiro atoms. The topological polar surface area (TPSA) is 52.1 Å². The second kappa shape index (κ2) is 11.4. The molecule has 0 bridgehead atoms. The van der Waals surface area contributed by atoms with Crippen molar-refractivity contribution >= 4 is 5.96 Å². The highest BCUT2D eigenvalue weighted by Gasteiger charge is 2.15. The lowest BCUT2D eigenvalue weighted by atomic mass is 10.1. The summed E-state index contributed by atoms with van der Waals surface area (Å²) in [6, 6.07) is 8.70. The van der Waals surface area contributed by atoms with E-state index in [1.54, 1.807) is 0 Å². The Labute approximate surface area is 170 Å². The maximum atomic E-state index is 5.47. The molecule has 3 rings (SSSR count). The van der Waals surface area contributed by atoms with Gasteiger partial charge in [-0.05, 0) is 43.0 Å². The summed E-state index contributed by atoms with van der Waals surface area (Å²) in [5, 5.41) is 6.99. The molecule has 2 heterocycles. The van der Waals surface area contributed by atoms with Gasteiger partial charge in [0.1, 0.15) is 0 Å². The largest absolute Gasteiger partial charge is 0.379 e. The predicted octanol–water partition coefficient (Wildman–Crippen LogP) is 1.92. The minimum Gasteiger partial charge on any atom is -0.379 e. The molecule has 1 atom stereocenters. The van der Waals surface area contributed by atoms with Gasteiger partial charge in [0.25, 0.3) is 0 Å². The van der Waals surface area contributed by atoms with E-state index in [0.717, 1.165) is 51.9 Å². The fraction of sp³-hybridized carbons (Fsp3) is 0.682. The van der Waals surface area contributed by atoms with Crippen LogP contribution in [0.5, 0.6) is 0 Å². The number of guanidine groups is 1. The van der Waals surface area contributed by atoms with Gasteiger partial charge >= 0.3 is 0 Å². The molecule has 6 heteroatoms. The van der Waals surface area contributed by atoms with Crippen LogP contribution < -0.4 is 10.6 Å². The van der Waals surface area contributed by atoms with E-state index < -0.39 is 0 Å². The number of aliphatic imine (C=N–C) groups is 1. The molecule has 1 unspecified atom stereocenters. The number of hydrogen-bond acceptors (Lipinski definition) is 4. The van der Waals surface area contributed by atoms with Crippen LogP contribution in [0.4, 0.5) is 0 Å². The highest BCUT2D eigenvalue weighted by molar-refractivity contribution is 5.79. The molecule has 6 nitrogen and oxygen atoms in total. The predicted molar refractivity (Wildman–Crippen MR) is 116 cm³/mol. The van der Waals surface area contributed by atoms with Crippen LogP contribution in [0.25, 0.3) is 0 Å². The molecule has 2 fully saturated rings. The summed E-state index contributed by atoms with van der Waals surface area (Å²) in [5.41, 5.74) is 2.72. The molecule has 28 heavy (non-hydrogen) atoms. The van der Waals surface area contributed by atoms with Crippen molar-refractivity contribution in [3.8, 4) is 0 Å². The number of rotatable bonds is 8. The van der Waals surface area contributed by atoms with Crippen LogP contribution in [0.15, 0.2) is 29.3 Å². The summed E-state index contributed by atoms with van der Waals surface area (Å²) in [6.45, 7) is 12.4. The number of nitrogens with zero attached hydrogens (tertiary/aromatic N) is 3. The van der Waals surface area contributed by atoms with E-state index in [1.165, 1.54) is 43.6 Å². The lowest BCUT2D eigenvalue weighted by molar-refractivity contribution is 0.0341. The average Bonchev–Trinajstić information content (AvgIpc) is 3.23. The number of hydrogen-bond donors (Lipinski definition) is 2. The van der Waals surface area contributed by atoms with Gasteiger partial charge < -0.3 is 20.3 Å².